The molecule has 0 saturated heterocycles. The fourth-order valence-corrected chi connectivity index (χ4v) is 3.55. The molecule has 1 heterocycles. The van der Waals surface area contributed by atoms with Gasteiger partial charge in [-0.25, -0.2) is 0 Å². The van der Waals surface area contributed by atoms with E-state index in [0.29, 0.717) is 19.5 Å². The van der Waals surface area contributed by atoms with E-state index >= 15 is 0 Å². The van der Waals surface area contributed by atoms with Crippen molar-refractivity contribution in [3.63, 3.8) is 0 Å². The van der Waals surface area contributed by atoms with E-state index in [0.717, 1.165) is 28.2 Å². The Morgan fingerprint density at radius 3 is 2.17 bits per heavy atom. The van der Waals surface area contributed by atoms with Gasteiger partial charge in [0, 0.05) is 13.1 Å². The maximum Gasteiger partial charge on any atom is 0.240 e. The van der Waals surface area contributed by atoms with Gasteiger partial charge in [0.15, 0.2) is 11.5 Å². The van der Waals surface area contributed by atoms with E-state index in [1.807, 2.05) is 73.7 Å². The second-order valence-corrected chi connectivity index (χ2v) is 7.70. The van der Waals surface area contributed by atoms with Crippen molar-refractivity contribution >= 4 is 5.91 Å². The summed E-state index contributed by atoms with van der Waals surface area (Å²) in [5.41, 5.74) is 2.42. The van der Waals surface area contributed by atoms with Crippen LogP contribution in [0.5, 0.6) is 11.5 Å². The van der Waals surface area contributed by atoms with E-state index in [4.69, 9.17) is 9.47 Å². The Morgan fingerprint density at radius 2 is 1.47 bits per heavy atom. The van der Waals surface area contributed by atoms with Crippen LogP contribution in [0.1, 0.15) is 23.6 Å². The second kappa shape index (κ2) is 9.01. The first-order valence-electron chi connectivity index (χ1n) is 10.1. The third kappa shape index (κ3) is 4.81. The van der Waals surface area contributed by atoms with Gasteiger partial charge in [-0.2, -0.15) is 0 Å². The van der Waals surface area contributed by atoms with Crippen LogP contribution in [0, 0.1) is 0 Å². The summed E-state index contributed by atoms with van der Waals surface area (Å²) >= 11 is 0. The highest BCUT2D eigenvalue weighted by Gasteiger charge is 2.33. The molecule has 0 bridgehead atoms. The van der Waals surface area contributed by atoms with Crippen LogP contribution < -0.4 is 20.1 Å². The van der Waals surface area contributed by atoms with Crippen LogP contribution in [0.15, 0.2) is 78.9 Å². The summed E-state index contributed by atoms with van der Waals surface area (Å²) < 4.78 is 10.9. The maximum absolute atomic E-state index is 13.3. The van der Waals surface area contributed by atoms with E-state index < -0.39 is 5.54 Å². The first-order chi connectivity index (χ1) is 14.6. The summed E-state index contributed by atoms with van der Waals surface area (Å²) in [7, 11) is 0. The standard InChI is InChI=1S/C25H26N2O3/c1-25(27-17-20-10-6-3-7-11-20,24(28)26-16-19-8-4-2-5-9-19)15-21-12-13-22-23(14-21)30-18-29-22/h2-14,27H,15-18H2,1H3,(H,26,28). The molecule has 4 rings (SSSR count). The summed E-state index contributed by atoms with van der Waals surface area (Å²) in [6.07, 6.45) is 0.525. The zero-order valence-corrected chi connectivity index (χ0v) is 17.1. The van der Waals surface area contributed by atoms with Gasteiger partial charge in [-0.3, -0.25) is 10.1 Å². The van der Waals surface area contributed by atoms with E-state index in [2.05, 4.69) is 22.8 Å². The van der Waals surface area contributed by atoms with Crippen LogP contribution in [0.2, 0.25) is 0 Å². The van der Waals surface area contributed by atoms with E-state index in [-0.39, 0.29) is 12.7 Å². The van der Waals surface area contributed by atoms with E-state index in [1.54, 1.807) is 0 Å². The van der Waals surface area contributed by atoms with Crippen molar-refractivity contribution in [1.82, 2.24) is 10.6 Å². The molecule has 3 aromatic rings. The van der Waals surface area contributed by atoms with Gasteiger partial charge in [-0.15, -0.1) is 0 Å². The van der Waals surface area contributed by atoms with Gasteiger partial charge in [0.1, 0.15) is 0 Å². The predicted octanol–water partition coefficient (Wildman–Crippen LogP) is 3.82. The van der Waals surface area contributed by atoms with E-state index in [1.165, 1.54) is 0 Å². The minimum absolute atomic E-state index is 0.0417. The SMILES string of the molecule is CC(Cc1ccc2c(c1)OCO2)(NCc1ccccc1)C(=O)NCc1ccccc1. The molecule has 1 atom stereocenters. The molecular weight excluding hydrogens is 376 g/mol. The molecule has 0 radical (unpaired) electrons. The predicted molar refractivity (Wildman–Crippen MR) is 116 cm³/mol. The molecule has 3 aromatic carbocycles. The number of fused-ring (bicyclic) bond motifs is 1. The highest BCUT2D eigenvalue weighted by molar-refractivity contribution is 5.86. The third-order valence-corrected chi connectivity index (χ3v) is 5.32. The van der Waals surface area contributed by atoms with Crippen LogP contribution in [0.3, 0.4) is 0 Å². The van der Waals surface area contributed by atoms with Crippen molar-refractivity contribution in [1.29, 1.82) is 0 Å². The molecule has 30 heavy (non-hydrogen) atoms. The lowest BCUT2D eigenvalue weighted by Gasteiger charge is -2.30. The Morgan fingerprint density at radius 1 is 0.833 bits per heavy atom. The number of carbonyl (C=O) groups excluding carboxylic acids is 1. The molecule has 0 aromatic heterocycles. The van der Waals surface area contributed by atoms with Crippen molar-refractivity contribution in [2.24, 2.45) is 0 Å². The van der Waals surface area contributed by atoms with Gasteiger partial charge < -0.3 is 14.8 Å². The van der Waals surface area contributed by atoms with Gasteiger partial charge >= 0.3 is 0 Å². The Labute approximate surface area is 177 Å². The fourth-order valence-electron chi connectivity index (χ4n) is 3.55. The number of amides is 1. The molecule has 1 aliphatic heterocycles. The Kier molecular flexibility index (Phi) is 6.00. The molecule has 1 amide bonds. The molecule has 0 aliphatic carbocycles. The fraction of sp³-hybridized carbons (Fsp3) is 0.240. The van der Waals surface area contributed by atoms with Crippen LogP contribution in [0.25, 0.3) is 0 Å². The van der Waals surface area contributed by atoms with Crippen molar-refractivity contribution in [3.05, 3.63) is 95.6 Å². The van der Waals surface area contributed by atoms with Gasteiger partial charge in [0.2, 0.25) is 12.7 Å². The van der Waals surface area contributed by atoms with Crippen molar-refractivity contribution < 1.29 is 14.3 Å². The first-order valence-corrected chi connectivity index (χ1v) is 10.1. The van der Waals surface area contributed by atoms with Crippen LogP contribution >= 0.6 is 0 Å². The van der Waals surface area contributed by atoms with Crippen molar-refractivity contribution in [2.45, 2.75) is 32.0 Å². The van der Waals surface area contributed by atoms with Gasteiger partial charge in [0.25, 0.3) is 0 Å². The average Bonchev–Trinajstić information content (AvgIpc) is 3.25. The Hall–Kier alpha value is -3.31. The Bertz CT molecular complexity index is 992. The molecule has 0 fully saturated rings. The molecule has 5 heteroatoms. The van der Waals surface area contributed by atoms with Crippen LogP contribution in [-0.2, 0) is 24.3 Å². The zero-order valence-electron chi connectivity index (χ0n) is 17.1. The number of ether oxygens (including phenoxy) is 2. The van der Waals surface area contributed by atoms with Crippen molar-refractivity contribution in [3.8, 4) is 11.5 Å². The van der Waals surface area contributed by atoms with Crippen LogP contribution in [-0.4, -0.2) is 18.2 Å². The topological polar surface area (TPSA) is 59.6 Å². The lowest BCUT2D eigenvalue weighted by Crippen LogP contribution is -2.55. The first kappa shape index (κ1) is 20.0. The quantitative estimate of drug-likeness (QED) is 0.601. The molecule has 154 valence electrons. The highest BCUT2D eigenvalue weighted by atomic mass is 16.7. The lowest BCUT2D eigenvalue weighted by atomic mass is 9.91. The summed E-state index contributed by atoms with van der Waals surface area (Å²) in [4.78, 5) is 13.3. The molecule has 2 N–H and O–H groups in total. The number of benzene rings is 3. The molecule has 5 nitrogen and oxygen atoms in total. The van der Waals surface area contributed by atoms with Gasteiger partial charge in [0.05, 0.1) is 5.54 Å². The number of hydrogen-bond acceptors (Lipinski definition) is 4. The largest absolute Gasteiger partial charge is 0.454 e. The summed E-state index contributed by atoms with van der Waals surface area (Å²) in [5.74, 6) is 1.42. The molecule has 0 spiro atoms. The molecule has 0 saturated carbocycles. The van der Waals surface area contributed by atoms with Gasteiger partial charge in [-0.1, -0.05) is 66.7 Å². The summed E-state index contributed by atoms with van der Waals surface area (Å²) in [6.45, 7) is 3.27. The molecular formula is C25H26N2O3. The summed E-state index contributed by atoms with van der Waals surface area (Å²) in [5, 5.41) is 6.57. The average molecular weight is 402 g/mol. The number of rotatable bonds is 8. The normalized spacial score (nSPS) is 14.2. The molecule has 1 unspecified atom stereocenters. The number of hydrogen-bond donors (Lipinski definition) is 2. The molecule has 1 aliphatic rings. The highest BCUT2D eigenvalue weighted by Crippen LogP contribution is 2.33. The zero-order chi connectivity index (χ0) is 20.8. The third-order valence-electron chi connectivity index (χ3n) is 5.32. The van der Waals surface area contributed by atoms with E-state index in [9.17, 15) is 4.79 Å². The lowest BCUT2D eigenvalue weighted by molar-refractivity contribution is -0.127. The minimum Gasteiger partial charge on any atom is -0.454 e. The minimum atomic E-state index is -0.793. The smallest absolute Gasteiger partial charge is 0.240 e. The van der Waals surface area contributed by atoms with Crippen LogP contribution in [0.4, 0.5) is 0 Å². The monoisotopic (exact) mass is 402 g/mol. The Balaban J connectivity index is 1.51. The van der Waals surface area contributed by atoms with Gasteiger partial charge in [-0.05, 0) is 42.2 Å². The summed E-state index contributed by atoms with van der Waals surface area (Å²) in [6, 6.07) is 25.9. The number of nitrogens with one attached hydrogen (secondary N) is 2. The maximum atomic E-state index is 13.3. The van der Waals surface area contributed by atoms with Crippen molar-refractivity contribution in [2.75, 3.05) is 6.79 Å². The second-order valence-electron chi connectivity index (χ2n) is 7.70. The number of carbonyl (C=O) groups is 1.